The van der Waals surface area contributed by atoms with Gasteiger partial charge in [-0.3, -0.25) is 0 Å². The summed E-state index contributed by atoms with van der Waals surface area (Å²) in [7, 11) is 3.07. The normalized spacial score (nSPS) is 27.2. The molecule has 0 bridgehead atoms. The third-order valence-electron chi connectivity index (χ3n) is 4.58. The van der Waals surface area contributed by atoms with Crippen molar-refractivity contribution in [1.82, 2.24) is 0 Å². The number of rotatable bonds is 11. The lowest BCUT2D eigenvalue weighted by Crippen LogP contribution is -2.59. The van der Waals surface area contributed by atoms with Crippen LogP contribution in [0.3, 0.4) is 0 Å². The van der Waals surface area contributed by atoms with E-state index in [4.69, 9.17) is 29.2 Å². The van der Waals surface area contributed by atoms with Crippen molar-refractivity contribution in [1.29, 1.82) is 0 Å². The smallest absolute Gasteiger partial charge is 0.168 e. The number of aliphatic hydroxyl groups is 1. The highest BCUT2D eigenvalue weighted by molar-refractivity contribution is 5.26. The molecular weight excluding hydrogens is 366 g/mol. The van der Waals surface area contributed by atoms with Gasteiger partial charge >= 0.3 is 0 Å². The van der Waals surface area contributed by atoms with Crippen LogP contribution in [0.2, 0.25) is 0 Å². The van der Waals surface area contributed by atoms with Crippen LogP contribution in [0.5, 0.6) is 5.75 Å². The molecule has 0 amide bonds. The van der Waals surface area contributed by atoms with Crippen LogP contribution in [-0.4, -0.2) is 63.2 Å². The van der Waals surface area contributed by atoms with Gasteiger partial charge in [0.15, 0.2) is 6.29 Å². The zero-order valence-electron chi connectivity index (χ0n) is 16.6. The number of azide groups is 1. The Kier molecular flexibility index (Phi) is 9.49. The Morgan fingerprint density at radius 1 is 1.25 bits per heavy atom. The van der Waals surface area contributed by atoms with Crippen molar-refractivity contribution in [3.8, 4) is 5.75 Å². The van der Waals surface area contributed by atoms with Crippen LogP contribution in [-0.2, 0) is 25.6 Å². The summed E-state index contributed by atoms with van der Waals surface area (Å²) in [6.45, 7) is 2.99. The van der Waals surface area contributed by atoms with E-state index in [9.17, 15) is 5.11 Å². The fourth-order valence-electron chi connectivity index (χ4n) is 2.99. The summed E-state index contributed by atoms with van der Waals surface area (Å²) in [6.07, 6.45) is -1.43. The Labute approximate surface area is 165 Å². The molecular formula is C19H29N3O6. The molecule has 156 valence electrons. The highest BCUT2D eigenvalue weighted by atomic mass is 16.7. The number of hydrogen-bond acceptors (Lipinski definition) is 7. The second-order valence-corrected chi connectivity index (χ2v) is 6.52. The molecule has 0 saturated carbocycles. The second-order valence-electron chi connectivity index (χ2n) is 6.52. The molecule has 1 heterocycles. The Morgan fingerprint density at radius 3 is 2.61 bits per heavy atom. The van der Waals surface area contributed by atoms with Crippen LogP contribution < -0.4 is 4.74 Å². The van der Waals surface area contributed by atoms with Crippen molar-refractivity contribution >= 4 is 0 Å². The van der Waals surface area contributed by atoms with Crippen molar-refractivity contribution in [2.24, 2.45) is 5.11 Å². The summed E-state index contributed by atoms with van der Waals surface area (Å²) in [4.78, 5) is 2.84. The summed E-state index contributed by atoms with van der Waals surface area (Å²) >= 11 is 0. The van der Waals surface area contributed by atoms with E-state index < -0.39 is 30.6 Å². The van der Waals surface area contributed by atoms with Gasteiger partial charge in [-0.2, -0.15) is 0 Å². The standard InChI is InChI=1S/C19H29N3O6/c1-4-5-10-27-18-16(21-22-20)19(25-3)28-15(17(18)23)12-26-11-13-6-8-14(24-2)9-7-13/h6-9,15-19,23H,4-5,10-12H2,1-3H3/t15?,16?,17-,18?,19+/m1/s1. The van der Waals surface area contributed by atoms with Crippen LogP contribution in [0.25, 0.3) is 10.4 Å². The lowest BCUT2D eigenvalue weighted by molar-refractivity contribution is -0.268. The molecule has 5 atom stereocenters. The molecule has 3 unspecified atom stereocenters. The summed E-state index contributed by atoms with van der Waals surface area (Å²) in [6, 6.07) is 6.74. The van der Waals surface area contributed by atoms with Gasteiger partial charge in [0.05, 0.1) is 26.4 Å². The number of methoxy groups -OCH3 is 2. The van der Waals surface area contributed by atoms with Gasteiger partial charge in [0.2, 0.25) is 0 Å². The largest absolute Gasteiger partial charge is 0.497 e. The summed E-state index contributed by atoms with van der Waals surface area (Å²) in [5, 5.41) is 14.4. The molecule has 2 rings (SSSR count). The maximum Gasteiger partial charge on any atom is 0.168 e. The average molecular weight is 395 g/mol. The van der Waals surface area contributed by atoms with E-state index in [1.165, 1.54) is 7.11 Å². The Bertz CT molecular complexity index is 623. The van der Waals surface area contributed by atoms with Crippen molar-refractivity contribution in [3.05, 3.63) is 40.3 Å². The third-order valence-corrected chi connectivity index (χ3v) is 4.58. The minimum Gasteiger partial charge on any atom is -0.497 e. The summed E-state index contributed by atoms with van der Waals surface area (Å²) in [5.41, 5.74) is 9.82. The number of hydrogen-bond donors (Lipinski definition) is 1. The molecule has 28 heavy (non-hydrogen) atoms. The third kappa shape index (κ3) is 6.07. The highest BCUT2D eigenvalue weighted by Crippen LogP contribution is 2.27. The van der Waals surface area contributed by atoms with E-state index >= 15 is 0 Å². The molecule has 1 aromatic carbocycles. The number of aliphatic hydroxyl groups excluding tert-OH is 1. The van der Waals surface area contributed by atoms with Gasteiger partial charge in [-0.15, -0.1) is 0 Å². The van der Waals surface area contributed by atoms with Gasteiger partial charge in [-0.05, 0) is 29.6 Å². The van der Waals surface area contributed by atoms with Gasteiger partial charge in [-0.25, -0.2) is 0 Å². The molecule has 1 aromatic rings. The van der Waals surface area contributed by atoms with Gasteiger partial charge < -0.3 is 28.8 Å². The monoisotopic (exact) mass is 395 g/mol. The molecule has 0 radical (unpaired) electrons. The zero-order chi connectivity index (χ0) is 20.4. The van der Waals surface area contributed by atoms with Gasteiger partial charge in [0, 0.05) is 18.6 Å². The number of benzene rings is 1. The first-order valence-electron chi connectivity index (χ1n) is 9.37. The minimum absolute atomic E-state index is 0.143. The van der Waals surface area contributed by atoms with E-state index in [-0.39, 0.29) is 6.61 Å². The highest BCUT2D eigenvalue weighted by Gasteiger charge is 2.46. The molecule has 9 nitrogen and oxygen atoms in total. The van der Waals surface area contributed by atoms with Crippen molar-refractivity contribution < 1.29 is 28.8 Å². The quantitative estimate of drug-likeness (QED) is 0.267. The van der Waals surface area contributed by atoms with E-state index in [0.717, 1.165) is 24.2 Å². The molecule has 1 aliphatic rings. The number of nitrogens with zero attached hydrogens (tertiary/aromatic N) is 3. The Morgan fingerprint density at radius 2 is 2.00 bits per heavy atom. The average Bonchev–Trinajstić information content (AvgIpc) is 2.72. The lowest BCUT2D eigenvalue weighted by atomic mass is 9.97. The molecule has 0 spiro atoms. The SMILES string of the molecule is CCCCOC1C(N=[N+]=[N-])[C@@H](OC)OC(COCc2ccc(OC)cc2)[C@H]1O. The molecule has 1 fully saturated rings. The number of unbranched alkanes of at least 4 members (excludes halogenated alkanes) is 1. The van der Waals surface area contributed by atoms with Crippen molar-refractivity contribution in [2.75, 3.05) is 27.4 Å². The molecule has 9 heteroatoms. The maximum absolute atomic E-state index is 10.7. The molecule has 0 aliphatic carbocycles. The van der Waals surface area contributed by atoms with Crippen LogP contribution in [0.1, 0.15) is 25.3 Å². The summed E-state index contributed by atoms with van der Waals surface area (Å²) < 4.78 is 27.7. The van der Waals surface area contributed by atoms with Crippen molar-refractivity contribution in [3.63, 3.8) is 0 Å². The first kappa shape index (κ1) is 22.4. The van der Waals surface area contributed by atoms with E-state index in [0.29, 0.717) is 13.2 Å². The Balaban J connectivity index is 1.98. The first-order valence-corrected chi connectivity index (χ1v) is 9.37. The fraction of sp³-hybridized carbons (Fsp3) is 0.684. The van der Waals surface area contributed by atoms with Crippen LogP contribution in [0.4, 0.5) is 0 Å². The predicted molar refractivity (Wildman–Crippen MR) is 102 cm³/mol. The van der Waals surface area contributed by atoms with Crippen LogP contribution >= 0.6 is 0 Å². The molecule has 0 aromatic heterocycles. The van der Waals surface area contributed by atoms with E-state index in [1.54, 1.807) is 7.11 Å². The lowest BCUT2D eigenvalue weighted by Gasteiger charge is -2.42. The minimum atomic E-state index is -1.00. The topological polar surface area (TPSA) is 115 Å². The predicted octanol–water partition coefficient (Wildman–Crippen LogP) is 2.81. The van der Waals surface area contributed by atoms with Gasteiger partial charge in [0.25, 0.3) is 0 Å². The molecule has 1 saturated heterocycles. The first-order chi connectivity index (χ1) is 13.6. The van der Waals surface area contributed by atoms with Crippen LogP contribution in [0.15, 0.2) is 29.4 Å². The Hall–Kier alpha value is -1.87. The zero-order valence-corrected chi connectivity index (χ0v) is 16.6. The number of ether oxygens (including phenoxy) is 5. The van der Waals surface area contributed by atoms with Gasteiger partial charge in [0.1, 0.15) is 24.0 Å². The fourth-order valence-corrected chi connectivity index (χ4v) is 2.99. The maximum atomic E-state index is 10.7. The molecule has 1 aliphatic heterocycles. The summed E-state index contributed by atoms with van der Waals surface area (Å²) in [5.74, 6) is 0.772. The van der Waals surface area contributed by atoms with E-state index in [2.05, 4.69) is 10.0 Å². The van der Waals surface area contributed by atoms with Gasteiger partial charge in [-0.1, -0.05) is 30.6 Å². The van der Waals surface area contributed by atoms with E-state index in [1.807, 2.05) is 31.2 Å². The second kappa shape index (κ2) is 11.9. The van der Waals surface area contributed by atoms with Crippen LogP contribution in [0, 0.1) is 0 Å². The molecule has 1 N–H and O–H groups in total. The van der Waals surface area contributed by atoms with Crippen molar-refractivity contribution in [2.45, 2.75) is 57.0 Å².